The van der Waals surface area contributed by atoms with Gasteiger partial charge < -0.3 is 21.0 Å². The second kappa shape index (κ2) is 11.7. The van der Waals surface area contributed by atoms with E-state index in [1.54, 1.807) is 12.1 Å². The number of pyridine rings is 1. The summed E-state index contributed by atoms with van der Waals surface area (Å²) >= 11 is 0. The molecule has 11 heteroatoms. The molecule has 10 nitrogen and oxygen atoms in total. The Morgan fingerprint density at radius 1 is 0.949 bits per heavy atom. The third-order valence-electron chi connectivity index (χ3n) is 6.38. The van der Waals surface area contributed by atoms with E-state index in [2.05, 4.69) is 4.98 Å². The molecule has 4 aromatic rings. The number of benzene rings is 2. The van der Waals surface area contributed by atoms with Crippen LogP contribution in [-0.2, 0) is 16.4 Å². The highest BCUT2D eigenvalue weighted by atomic mass is 32.2. The molecule has 0 saturated carbocycles. The van der Waals surface area contributed by atoms with Gasteiger partial charge in [0.1, 0.15) is 5.82 Å². The SMILES string of the molecule is Cc1ccc(S(=O)(=O)N(CCc2ccc(-n3nc(C)c(-c4ccc(N(C)C)nc4)c3C)cc2)C(=O)[O-])cc1.[NH4+]. The van der Waals surface area contributed by atoms with Gasteiger partial charge in [-0.15, -0.1) is 0 Å². The number of anilines is 1. The van der Waals surface area contributed by atoms with Crippen molar-refractivity contribution in [3.8, 4) is 16.8 Å². The molecule has 0 aliphatic carbocycles. The summed E-state index contributed by atoms with van der Waals surface area (Å²) in [4.78, 5) is 18.1. The number of carboxylic acid groups (broad SMARTS) is 1. The van der Waals surface area contributed by atoms with Gasteiger partial charge in [-0.05, 0) is 69.2 Å². The van der Waals surface area contributed by atoms with Crippen molar-refractivity contribution < 1.29 is 18.3 Å². The summed E-state index contributed by atoms with van der Waals surface area (Å²) in [5.41, 5.74) is 6.31. The zero-order chi connectivity index (χ0) is 27.6. The van der Waals surface area contributed by atoms with E-state index in [9.17, 15) is 18.3 Å². The molecule has 0 spiro atoms. The van der Waals surface area contributed by atoms with Gasteiger partial charge in [0.05, 0.1) is 16.3 Å². The molecular formula is C28H34N6O4S. The molecule has 206 valence electrons. The normalized spacial score (nSPS) is 11.1. The minimum Gasteiger partial charge on any atom is -0.529 e. The second-order valence-corrected chi connectivity index (χ2v) is 11.2. The van der Waals surface area contributed by atoms with Crippen molar-refractivity contribution >= 4 is 21.9 Å². The summed E-state index contributed by atoms with van der Waals surface area (Å²) in [6.45, 7) is 5.52. The average Bonchev–Trinajstić information content (AvgIpc) is 3.18. The molecule has 0 atom stereocenters. The number of carbonyl (C=O) groups excluding carboxylic acids is 1. The van der Waals surface area contributed by atoms with Crippen molar-refractivity contribution in [3.63, 3.8) is 0 Å². The zero-order valence-electron chi connectivity index (χ0n) is 23.0. The van der Waals surface area contributed by atoms with Gasteiger partial charge in [-0.2, -0.15) is 5.10 Å². The number of aromatic nitrogens is 3. The lowest BCUT2D eigenvalue weighted by atomic mass is 10.1. The smallest absolute Gasteiger partial charge is 0.265 e. The van der Waals surface area contributed by atoms with E-state index in [4.69, 9.17) is 5.10 Å². The number of hydrogen-bond acceptors (Lipinski definition) is 7. The van der Waals surface area contributed by atoms with Crippen LogP contribution >= 0.6 is 0 Å². The summed E-state index contributed by atoms with van der Waals surface area (Å²) < 4.78 is 28.0. The summed E-state index contributed by atoms with van der Waals surface area (Å²) in [7, 11) is -0.343. The highest BCUT2D eigenvalue weighted by molar-refractivity contribution is 7.89. The van der Waals surface area contributed by atoms with Crippen LogP contribution in [-0.4, -0.2) is 54.2 Å². The minimum absolute atomic E-state index is 0. The van der Waals surface area contributed by atoms with Crippen molar-refractivity contribution in [2.75, 3.05) is 25.5 Å². The molecule has 0 saturated heterocycles. The van der Waals surface area contributed by atoms with Crippen molar-refractivity contribution in [3.05, 3.63) is 89.4 Å². The van der Waals surface area contributed by atoms with E-state index in [1.807, 2.05) is 87.0 Å². The molecule has 2 aromatic heterocycles. The lowest BCUT2D eigenvalue weighted by molar-refractivity contribution is -0.259. The maximum atomic E-state index is 12.9. The third kappa shape index (κ3) is 6.10. The molecule has 4 N–H and O–H groups in total. The van der Waals surface area contributed by atoms with Gasteiger partial charge in [-0.25, -0.2) is 18.1 Å². The van der Waals surface area contributed by atoms with E-state index >= 15 is 0 Å². The van der Waals surface area contributed by atoms with Crippen LogP contribution < -0.4 is 16.2 Å². The van der Waals surface area contributed by atoms with Crippen LogP contribution in [0.5, 0.6) is 0 Å². The van der Waals surface area contributed by atoms with Crippen LogP contribution in [0.25, 0.3) is 16.8 Å². The molecule has 0 bridgehead atoms. The molecule has 0 aliphatic rings. The lowest BCUT2D eigenvalue weighted by Gasteiger charge is -2.24. The zero-order valence-corrected chi connectivity index (χ0v) is 23.9. The number of nitrogens with zero attached hydrogens (tertiary/aromatic N) is 5. The van der Waals surface area contributed by atoms with Crippen LogP contribution in [0, 0.1) is 20.8 Å². The lowest BCUT2D eigenvalue weighted by Crippen LogP contribution is -2.45. The average molecular weight is 551 g/mol. The Balaban J connectivity index is 0.00000420. The number of rotatable bonds is 8. The number of hydrogen-bond donors (Lipinski definition) is 1. The highest BCUT2D eigenvalue weighted by Crippen LogP contribution is 2.29. The van der Waals surface area contributed by atoms with Gasteiger partial charge in [-0.3, -0.25) is 4.31 Å². The van der Waals surface area contributed by atoms with Gasteiger partial charge >= 0.3 is 0 Å². The molecule has 39 heavy (non-hydrogen) atoms. The topological polar surface area (TPSA) is 148 Å². The van der Waals surface area contributed by atoms with Crippen LogP contribution in [0.15, 0.2) is 71.8 Å². The number of aryl methyl sites for hydroxylation is 2. The molecule has 4 rings (SSSR count). The highest BCUT2D eigenvalue weighted by Gasteiger charge is 2.24. The van der Waals surface area contributed by atoms with Gasteiger partial charge in [-0.1, -0.05) is 29.8 Å². The first-order chi connectivity index (χ1) is 18.0. The summed E-state index contributed by atoms with van der Waals surface area (Å²) in [6.07, 6.45) is 0.282. The maximum Gasteiger partial charge on any atom is 0.265 e. The number of amides is 1. The minimum atomic E-state index is -4.23. The third-order valence-corrected chi connectivity index (χ3v) is 8.16. The van der Waals surface area contributed by atoms with Crippen molar-refractivity contribution in [2.45, 2.75) is 32.1 Å². The van der Waals surface area contributed by atoms with Crippen molar-refractivity contribution in [2.24, 2.45) is 0 Å². The fraction of sp³-hybridized carbons (Fsp3) is 0.250. The Morgan fingerprint density at radius 2 is 1.59 bits per heavy atom. The quantitative estimate of drug-likeness (QED) is 0.350. The molecule has 0 radical (unpaired) electrons. The first kappa shape index (κ1) is 29.3. The van der Waals surface area contributed by atoms with E-state index in [0.717, 1.165) is 45.1 Å². The van der Waals surface area contributed by atoms with Gasteiger partial charge in [0.25, 0.3) is 10.0 Å². The van der Waals surface area contributed by atoms with Crippen molar-refractivity contribution in [1.82, 2.24) is 25.2 Å². The van der Waals surface area contributed by atoms with E-state index < -0.39 is 16.1 Å². The second-order valence-electron chi connectivity index (χ2n) is 9.33. The Morgan fingerprint density at radius 3 is 2.13 bits per heavy atom. The van der Waals surface area contributed by atoms with E-state index in [-0.39, 0.29) is 24.0 Å². The van der Waals surface area contributed by atoms with Gasteiger partial charge in [0, 0.05) is 43.7 Å². The van der Waals surface area contributed by atoms with E-state index in [0.29, 0.717) is 4.31 Å². The molecule has 2 aromatic carbocycles. The molecule has 1 amide bonds. The summed E-state index contributed by atoms with van der Waals surface area (Å²) in [5, 5.41) is 16.4. The van der Waals surface area contributed by atoms with E-state index in [1.165, 1.54) is 12.1 Å². The fourth-order valence-corrected chi connectivity index (χ4v) is 5.55. The van der Waals surface area contributed by atoms with Crippen LogP contribution in [0.1, 0.15) is 22.5 Å². The summed E-state index contributed by atoms with van der Waals surface area (Å²) in [5.74, 6) is 0.871. The Hall–Kier alpha value is -4.22. The van der Waals surface area contributed by atoms with Crippen molar-refractivity contribution in [1.29, 1.82) is 0 Å². The monoisotopic (exact) mass is 550 g/mol. The molecule has 0 aliphatic heterocycles. The number of quaternary nitrogens is 1. The Labute approximate surface area is 229 Å². The predicted octanol–water partition coefficient (Wildman–Crippen LogP) is 3.88. The van der Waals surface area contributed by atoms with Crippen LogP contribution in [0.3, 0.4) is 0 Å². The first-order valence-electron chi connectivity index (χ1n) is 12.1. The van der Waals surface area contributed by atoms with Gasteiger partial charge in [0.2, 0.25) is 0 Å². The molecule has 0 fully saturated rings. The Kier molecular flexibility index (Phi) is 8.78. The van der Waals surface area contributed by atoms with Gasteiger partial charge in [0.15, 0.2) is 6.09 Å². The first-order valence-corrected chi connectivity index (χ1v) is 13.5. The molecule has 0 unspecified atom stereocenters. The molecule has 2 heterocycles. The number of sulfonamides is 1. The summed E-state index contributed by atoms with van der Waals surface area (Å²) in [6, 6.07) is 17.5. The largest absolute Gasteiger partial charge is 0.529 e. The van der Waals surface area contributed by atoms with Crippen LogP contribution in [0.4, 0.5) is 10.6 Å². The predicted molar refractivity (Wildman–Crippen MR) is 151 cm³/mol. The van der Waals surface area contributed by atoms with Crippen LogP contribution in [0.2, 0.25) is 0 Å². The number of carbonyl (C=O) groups is 1. The standard InChI is InChI=1S/C28H31N5O4S.H3N/c1-19-6-13-25(14-7-19)38(36,37)32(28(34)35)17-16-22-8-11-24(12-9-22)33-21(3)27(20(2)30-33)23-10-15-26(29-18-23)31(4)5;/h6-15,18H,16-17H2,1-5H3,(H,34,35);1H3. The maximum absolute atomic E-state index is 12.9. The molecular weight excluding hydrogens is 516 g/mol. The Bertz CT molecular complexity index is 1550. The fourth-order valence-electron chi connectivity index (χ4n) is 4.29.